The van der Waals surface area contributed by atoms with Crippen LogP contribution in [0.2, 0.25) is 0 Å². The molecular weight excluding hydrogens is 549 g/mol. The summed E-state index contributed by atoms with van der Waals surface area (Å²) in [4.78, 5) is 27.7. The number of carbonyl (C=O) groups excluding carboxylic acids is 1. The third-order valence-electron chi connectivity index (χ3n) is 7.14. The molecule has 214 valence electrons. The van der Waals surface area contributed by atoms with Crippen LogP contribution in [0.4, 0.5) is 24.8 Å². The number of amides is 1. The number of alkyl halides is 3. The van der Waals surface area contributed by atoms with Gasteiger partial charge in [0, 0.05) is 62.8 Å². The van der Waals surface area contributed by atoms with Crippen molar-refractivity contribution >= 4 is 28.9 Å². The zero-order chi connectivity index (χ0) is 29.1. The SMILES string of the molecule is CNc1ncc(-c2cc(C(=O)Nc3cc(CN4CCN(C)CC4)cc(C(F)(F)F)c3)ccc2C)c(-c2cccs2)n1. The monoisotopic (exact) mass is 580 g/mol. The predicted molar refractivity (Wildman–Crippen MR) is 157 cm³/mol. The Morgan fingerprint density at radius 1 is 1.05 bits per heavy atom. The highest BCUT2D eigenvalue weighted by molar-refractivity contribution is 7.13. The van der Waals surface area contributed by atoms with Crippen LogP contribution in [0.5, 0.6) is 0 Å². The first-order valence-electron chi connectivity index (χ1n) is 13.2. The highest BCUT2D eigenvalue weighted by Gasteiger charge is 2.31. The molecule has 5 rings (SSSR count). The van der Waals surface area contributed by atoms with Crippen molar-refractivity contribution in [1.29, 1.82) is 0 Å². The van der Waals surface area contributed by atoms with Gasteiger partial charge in [0.15, 0.2) is 0 Å². The molecule has 0 spiro atoms. The van der Waals surface area contributed by atoms with Crippen molar-refractivity contribution in [2.45, 2.75) is 19.6 Å². The van der Waals surface area contributed by atoms with Gasteiger partial charge in [0.1, 0.15) is 0 Å². The van der Waals surface area contributed by atoms with E-state index in [4.69, 9.17) is 0 Å². The molecule has 3 heterocycles. The van der Waals surface area contributed by atoms with Crippen LogP contribution in [0.3, 0.4) is 0 Å². The van der Waals surface area contributed by atoms with Crippen LogP contribution in [-0.4, -0.2) is 65.9 Å². The molecule has 7 nitrogen and oxygen atoms in total. The van der Waals surface area contributed by atoms with E-state index in [1.807, 2.05) is 37.6 Å². The van der Waals surface area contributed by atoms with Gasteiger partial charge in [-0.25, -0.2) is 9.97 Å². The lowest BCUT2D eigenvalue weighted by Crippen LogP contribution is -2.43. The van der Waals surface area contributed by atoms with Crippen molar-refractivity contribution in [2.24, 2.45) is 0 Å². The maximum Gasteiger partial charge on any atom is 0.416 e. The fourth-order valence-electron chi connectivity index (χ4n) is 4.84. The summed E-state index contributed by atoms with van der Waals surface area (Å²) in [6.45, 7) is 5.56. The number of benzene rings is 2. The largest absolute Gasteiger partial charge is 0.416 e. The van der Waals surface area contributed by atoms with Crippen molar-refractivity contribution < 1.29 is 18.0 Å². The van der Waals surface area contributed by atoms with E-state index in [1.54, 1.807) is 42.8 Å². The first-order chi connectivity index (χ1) is 19.6. The molecule has 1 aliphatic rings. The average Bonchev–Trinajstić information content (AvgIpc) is 3.49. The van der Waals surface area contributed by atoms with Crippen molar-refractivity contribution in [2.75, 3.05) is 50.9 Å². The number of rotatable bonds is 7. The molecule has 0 bridgehead atoms. The Morgan fingerprint density at radius 3 is 2.51 bits per heavy atom. The second-order valence-electron chi connectivity index (χ2n) is 10.2. The van der Waals surface area contributed by atoms with Crippen LogP contribution < -0.4 is 10.6 Å². The van der Waals surface area contributed by atoms with Crippen LogP contribution in [0.25, 0.3) is 21.7 Å². The zero-order valence-corrected chi connectivity index (χ0v) is 23.9. The molecule has 1 amide bonds. The van der Waals surface area contributed by atoms with Crippen LogP contribution in [-0.2, 0) is 12.7 Å². The van der Waals surface area contributed by atoms with Crippen molar-refractivity contribution in [3.8, 4) is 21.7 Å². The van der Waals surface area contributed by atoms with E-state index in [0.29, 0.717) is 23.6 Å². The molecule has 0 saturated carbocycles. The number of piperazine rings is 1. The van der Waals surface area contributed by atoms with Crippen LogP contribution in [0, 0.1) is 6.92 Å². The summed E-state index contributed by atoms with van der Waals surface area (Å²) in [5.74, 6) is -0.0258. The number of aromatic nitrogens is 2. The second kappa shape index (κ2) is 12.0. The topological polar surface area (TPSA) is 73.4 Å². The molecule has 0 radical (unpaired) electrons. The summed E-state index contributed by atoms with van der Waals surface area (Å²) in [5, 5.41) is 7.63. The number of anilines is 2. The number of aryl methyl sites for hydroxylation is 1. The van der Waals surface area contributed by atoms with Crippen LogP contribution >= 0.6 is 11.3 Å². The number of halogens is 3. The van der Waals surface area contributed by atoms with Gasteiger partial charge in [-0.2, -0.15) is 13.2 Å². The second-order valence-corrected chi connectivity index (χ2v) is 11.1. The van der Waals surface area contributed by atoms with Gasteiger partial charge in [-0.05, 0) is 72.4 Å². The third kappa shape index (κ3) is 6.75. The van der Waals surface area contributed by atoms with E-state index in [0.717, 1.165) is 59.5 Å². The molecule has 0 unspecified atom stereocenters. The molecule has 1 saturated heterocycles. The standard InChI is InChI=1S/C30H31F3N6OS/c1-19-6-7-21(15-24(19)25-17-35-29(34-2)37-27(25)26-5-4-12-41-26)28(40)36-23-14-20(13-22(16-23)30(31,32)33)18-39-10-8-38(3)9-11-39/h4-7,12-17H,8-11,18H2,1-3H3,(H,36,40)(H,34,35,37). The molecule has 41 heavy (non-hydrogen) atoms. The van der Waals surface area contributed by atoms with Gasteiger partial charge in [-0.15, -0.1) is 11.3 Å². The molecule has 11 heteroatoms. The number of likely N-dealkylation sites (N-methyl/N-ethyl adjacent to an activating group) is 1. The fraction of sp³-hybridized carbons (Fsp3) is 0.300. The Labute approximate surface area is 241 Å². The number of thiophene rings is 1. The Morgan fingerprint density at radius 2 is 1.83 bits per heavy atom. The van der Waals surface area contributed by atoms with E-state index >= 15 is 0 Å². The maximum atomic E-state index is 13.8. The quantitative estimate of drug-likeness (QED) is 0.270. The molecule has 0 aliphatic carbocycles. The van der Waals surface area contributed by atoms with E-state index in [9.17, 15) is 18.0 Å². The summed E-state index contributed by atoms with van der Waals surface area (Å²) in [7, 11) is 3.77. The molecule has 1 fully saturated rings. The predicted octanol–water partition coefficient (Wildman–Crippen LogP) is 6.24. The van der Waals surface area contributed by atoms with Gasteiger partial charge in [0.05, 0.1) is 16.1 Å². The van der Waals surface area contributed by atoms with Gasteiger partial charge < -0.3 is 15.5 Å². The molecule has 2 aromatic carbocycles. The molecule has 1 aliphatic heterocycles. The third-order valence-corrected chi connectivity index (χ3v) is 8.01. The maximum absolute atomic E-state index is 13.8. The fourth-order valence-corrected chi connectivity index (χ4v) is 5.57. The lowest BCUT2D eigenvalue weighted by atomic mass is 9.97. The Balaban J connectivity index is 1.45. The van der Waals surface area contributed by atoms with Gasteiger partial charge in [0.2, 0.25) is 5.95 Å². The minimum Gasteiger partial charge on any atom is -0.357 e. The lowest BCUT2D eigenvalue weighted by molar-refractivity contribution is -0.137. The van der Waals surface area contributed by atoms with Gasteiger partial charge >= 0.3 is 6.18 Å². The Hall–Kier alpha value is -3.80. The number of hydrogen-bond donors (Lipinski definition) is 2. The molecule has 2 aromatic heterocycles. The van der Waals surface area contributed by atoms with E-state index in [1.165, 1.54) is 6.07 Å². The summed E-state index contributed by atoms with van der Waals surface area (Å²) in [6.07, 6.45) is -2.82. The molecular formula is C30H31F3N6OS. The Kier molecular flexibility index (Phi) is 8.39. The number of nitrogens with one attached hydrogen (secondary N) is 2. The summed E-state index contributed by atoms with van der Waals surface area (Å²) in [5.41, 5.74) is 3.31. The first-order valence-corrected chi connectivity index (χ1v) is 14.1. The van der Waals surface area contributed by atoms with Crippen LogP contribution in [0.15, 0.2) is 60.1 Å². The molecule has 4 aromatic rings. The van der Waals surface area contributed by atoms with E-state index in [2.05, 4.69) is 30.4 Å². The van der Waals surface area contributed by atoms with Crippen molar-refractivity contribution in [3.63, 3.8) is 0 Å². The van der Waals surface area contributed by atoms with Gasteiger partial charge in [0.25, 0.3) is 5.91 Å². The molecule has 2 N–H and O–H groups in total. The Bertz CT molecular complexity index is 1530. The minimum absolute atomic E-state index is 0.108. The first kappa shape index (κ1) is 28.7. The normalized spacial score (nSPS) is 14.7. The minimum atomic E-state index is -4.54. The number of nitrogens with zero attached hydrogens (tertiary/aromatic N) is 4. The highest BCUT2D eigenvalue weighted by Crippen LogP contribution is 2.36. The van der Waals surface area contributed by atoms with E-state index in [-0.39, 0.29) is 5.69 Å². The zero-order valence-electron chi connectivity index (χ0n) is 23.0. The summed E-state index contributed by atoms with van der Waals surface area (Å²) >= 11 is 1.54. The summed E-state index contributed by atoms with van der Waals surface area (Å²) in [6, 6.07) is 12.9. The number of carbonyl (C=O) groups is 1. The number of hydrogen-bond acceptors (Lipinski definition) is 7. The van der Waals surface area contributed by atoms with Crippen molar-refractivity contribution in [3.05, 3.63) is 82.4 Å². The molecule has 0 atom stereocenters. The average molecular weight is 581 g/mol. The van der Waals surface area contributed by atoms with Gasteiger partial charge in [-0.3, -0.25) is 9.69 Å². The summed E-state index contributed by atoms with van der Waals surface area (Å²) < 4.78 is 41.3. The van der Waals surface area contributed by atoms with Crippen molar-refractivity contribution in [1.82, 2.24) is 19.8 Å². The van der Waals surface area contributed by atoms with E-state index < -0.39 is 17.6 Å². The highest BCUT2D eigenvalue weighted by atomic mass is 32.1. The van der Waals surface area contributed by atoms with Crippen LogP contribution in [0.1, 0.15) is 27.0 Å². The smallest absolute Gasteiger partial charge is 0.357 e. The van der Waals surface area contributed by atoms with Gasteiger partial charge in [-0.1, -0.05) is 12.1 Å². The lowest BCUT2D eigenvalue weighted by Gasteiger charge is -2.32.